The fourth-order valence-corrected chi connectivity index (χ4v) is 2.93. The third kappa shape index (κ3) is 2.69. The van der Waals surface area contributed by atoms with E-state index in [9.17, 15) is 9.59 Å². The average molecular weight is 322 g/mol. The number of nitrogens with one attached hydrogen (secondary N) is 1. The molecule has 0 saturated heterocycles. The molecule has 0 bridgehead atoms. The molecule has 1 N–H and O–H groups in total. The van der Waals surface area contributed by atoms with Gasteiger partial charge in [0.1, 0.15) is 0 Å². The number of carbonyl (C=O) groups excluding carboxylic acids is 2. The minimum atomic E-state index is -0.377. The van der Waals surface area contributed by atoms with E-state index < -0.39 is 0 Å². The Labute approximate surface area is 141 Å². The third-order valence-corrected chi connectivity index (χ3v) is 4.12. The van der Waals surface area contributed by atoms with E-state index in [1.165, 1.54) is 0 Å². The van der Waals surface area contributed by atoms with E-state index in [1.54, 1.807) is 42.3 Å². The van der Waals surface area contributed by atoms with Crippen molar-refractivity contribution in [3.63, 3.8) is 0 Å². The van der Waals surface area contributed by atoms with Crippen LogP contribution in [0.25, 0.3) is 5.57 Å². The zero-order valence-corrected chi connectivity index (χ0v) is 13.8. The molecule has 0 aromatic heterocycles. The molecule has 5 nitrogen and oxygen atoms in total. The zero-order chi connectivity index (χ0) is 17.3. The minimum absolute atomic E-state index is 0.000766. The first-order chi connectivity index (χ1) is 11.5. The smallest absolute Gasteiger partial charge is 0.300 e. The molecule has 0 radical (unpaired) electrons. The standard InChI is InChI=1S/C19H19N3O2/c1-4-10-22-12-16(15-8-9-20-17(15)19(22)24)13-6-5-7-14(11-13)18(23)21(2)3/h4-9,11-12,17H,1,10H2,2-3H3/p+1. The summed E-state index contributed by atoms with van der Waals surface area (Å²) in [5, 5.41) is 0. The minimum Gasteiger partial charge on any atom is -0.345 e. The summed E-state index contributed by atoms with van der Waals surface area (Å²) < 4.78 is 0. The Morgan fingerprint density at radius 2 is 2.21 bits per heavy atom. The van der Waals surface area contributed by atoms with Crippen molar-refractivity contribution in [1.29, 1.82) is 0 Å². The molecule has 2 amide bonds. The van der Waals surface area contributed by atoms with Crippen molar-refractivity contribution >= 4 is 23.6 Å². The second-order valence-corrected chi connectivity index (χ2v) is 5.99. The summed E-state index contributed by atoms with van der Waals surface area (Å²) in [7, 11) is 3.46. The Hall–Kier alpha value is -2.95. The Balaban J connectivity index is 2.05. The predicted octanol–water partition coefficient (Wildman–Crippen LogP) is 0.218. The van der Waals surface area contributed by atoms with Crippen LogP contribution >= 0.6 is 0 Å². The normalized spacial score (nSPS) is 18.8. The molecule has 3 rings (SSSR count). The highest BCUT2D eigenvalue weighted by molar-refractivity contribution is 6.02. The lowest BCUT2D eigenvalue weighted by Crippen LogP contribution is -2.79. The monoisotopic (exact) mass is 322 g/mol. The van der Waals surface area contributed by atoms with Crippen LogP contribution in [0.3, 0.4) is 0 Å². The zero-order valence-electron chi connectivity index (χ0n) is 13.8. The Morgan fingerprint density at radius 3 is 2.92 bits per heavy atom. The van der Waals surface area contributed by atoms with Gasteiger partial charge in [0, 0.05) is 49.6 Å². The van der Waals surface area contributed by atoms with E-state index in [2.05, 4.69) is 11.6 Å². The number of benzene rings is 1. The van der Waals surface area contributed by atoms with Crippen LogP contribution in [0.1, 0.15) is 15.9 Å². The third-order valence-electron chi connectivity index (χ3n) is 4.12. The molecule has 5 heteroatoms. The second kappa shape index (κ2) is 6.28. The van der Waals surface area contributed by atoms with Gasteiger partial charge in [-0.15, -0.1) is 6.58 Å². The average Bonchev–Trinajstić information content (AvgIpc) is 3.07. The van der Waals surface area contributed by atoms with Crippen molar-refractivity contribution in [3.8, 4) is 0 Å². The SMILES string of the molecule is C=CCN1C=C(c2cccc(C(=O)N(C)C)c2)C2=CC=[NH+]C2C1=O. The lowest BCUT2D eigenvalue weighted by atomic mass is 9.90. The van der Waals surface area contributed by atoms with E-state index in [4.69, 9.17) is 0 Å². The molecule has 1 aromatic carbocycles. The highest BCUT2D eigenvalue weighted by Crippen LogP contribution is 2.31. The highest BCUT2D eigenvalue weighted by atomic mass is 16.2. The molecule has 2 aliphatic heterocycles. The summed E-state index contributed by atoms with van der Waals surface area (Å²) in [6, 6.07) is 7.11. The van der Waals surface area contributed by atoms with Crippen molar-refractivity contribution in [2.45, 2.75) is 6.04 Å². The van der Waals surface area contributed by atoms with Crippen LogP contribution in [0, 0.1) is 0 Å². The van der Waals surface area contributed by atoms with Gasteiger partial charge in [-0.25, -0.2) is 4.99 Å². The molecule has 0 fully saturated rings. The number of carbonyl (C=O) groups is 2. The fraction of sp³-hybridized carbons (Fsp3) is 0.211. The lowest BCUT2D eigenvalue weighted by molar-refractivity contribution is -0.467. The molecule has 0 spiro atoms. The molecule has 1 aromatic rings. The Bertz CT molecular complexity index is 803. The van der Waals surface area contributed by atoms with E-state index in [1.807, 2.05) is 30.5 Å². The maximum absolute atomic E-state index is 12.5. The number of rotatable bonds is 4. The maximum Gasteiger partial charge on any atom is 0.300 e. The van der Waals surface area contributed by atoms with Gasteiger partial charge < -0.3 is 9.80 Å². The summed E-state index contributed by atoms with van der Waals surface area (Å²) in [6.45, 7) is 4.16. The van der Waals surface area contributed by atoms with Crippen molar-refractivity contribution in [3.05, 3.63) is 65.9 Å². The van der Waals surface area contributed by atoms with Gasteiger partial charge >= 0.3 is 0 Å². The first-order valence-corrected chi connectivity index (χ1v) is 7.78. The summed E-state index contributed by atoms with van der Waals surface area (Å²) in [4.78, 5) is 31.0. The highest BCUT2D eigenvalue weighted by Gasteiger charge is 2.39. The van der Waals surface area contributed by atoms with Gasteiger partial charge in [-0.3, -0.25) is 9.59 Å². The number of hydrogen-bond acceptors (Lipinski definition) is 2. The van der Waals surface area contributed by atoms with Crippen LogP contribution in [0.5, 0.6) is 0 Å². The molecular weight excluding hydrogens is 302 g/mol. The number of fused-ring (bicyclic) bond motifs is 1. The van der Waals surface area contributed by atoms with E-state index in [0.29, 0.717) is 12.1 Å². The molecule has 24 heavy (non-hydrogen) atoms. The van der Waals surface area contributed by atoms with Gasteiger partial charge in [-0.2, -0.15) is 0 Å². The van der Waals surface area contributed by atoms with Gasteiger partial charge in [0.05, 0.1) is 0 Å². The second-order valence-electron chi connectivity index (χ2n) is 5.99. The van der Waals surface area contributed by atoms with Crippen molar-refractivity contribution in [1.82, 2.24) is 9.80 Å². The number of amides is 2. The summed E-state index contributed by atoms with van der Waals surface area (Å²) in [5.41, 5.74) is 3.40. The van der Waals surface area contributed by atoms with Gasteiger partial charge in [-0.1, -0.05) is 18.2 Å². The number of hydrogen-bond donors (Lipinski definition) is 1. The van der Waals surface area contributed by atoms with Crippen LogP contribution < -0.4 is 4.99 Å². The molecule has 2 aliphatic rings. The van der Waals surface area contributed by atoms with Gasteiger partial charge in [0.25, 0.3) is 17.9 Å². The van der Waals surface area contributed by atoms with Crippen LogP contribution in [-0.4, -0.2) is 54.5 Å². The summed E-state index contributed by atoms with van der Waals surface area (Å²) >= 11 is 0. The van der Waals surface area contributed by atoms with E-state index in [0.717, 1.165) is 16.7 Å². The lowest BCUT2D eigenvalue weighted by Gasteiger charge is -2.26. The molecule has 1 unspecified atom stereocenters. The van der Waals surface area contributed by atoms with Gasteiger partial charge in [0.2, 0.25) is 0 Å². The Morgan fingerprint density at radius 1 is 1.42 bits per heavy atom. The summed E-state index contributed by atoms with van der Waals surface area (Å²) in [6.07, 6.45) is 7.25. The van der Waals surface area contributed by atoms with Crippen LogP contribution in [-0.2, 0) is 4.79 Å². The van der Waals surface area contributed by atoms with E-state index >= 15 is 0 Å². The molecule has 0 aliphatic carbocycles. The van der Waals surface area contributed by atoms with E-state index in [-0.39, 0.29) is 17.9 Å². The molecule has 2 heterocycles. The molecular formula is C19H20N3O2+. The van der Waals surface area contributed by atoms with Crippen molar-refractivity contribution < 1.29 is 14.6 Å². The largest absolute Gasteiger partial charge is 0.345 e. The summed E-state index contributed by atoms with van der Waals surface area (Å²) in [5.74, 6) is -0.0481. The van der Waals surface area contributed by atoms with Gasteiger partial charge in [-0.05, 0) is 17.7 Å². The number of nitrogens with zero attached hydrogens (tertiary/aromatic N) is 2. The van der Waals surface area contributed by atoms with Crippen LogP contribution in [0.2, 0.25) is 0 Å². The van der Waals surface area contributed by atoms with Crippen LogP contribution in [0.15, 0.2) is 54.8 Å². The van der Waals surface area contributed by atoms with Gasteiger partial charge in [0.15, 0.2) is 6.21 Å². The maximum atomic E-state index is 12.5. The van der Waals surface area contributed by atoms with Crippen molar-refractivity contribution in [2.75, 3.05) is 20.6 Å². The first-order valence-electron chi connectivity index (χ1n) is 7.78. The predicted molar refractivity (Wildman–Crippen MR) is 93.2 cm³/mol. The quantitative estimate of drug-likeness (QED) is 0.806. The van der Waals surface area contributed by atoms with Crippen molar-refractivity contribution in [2.24, 2.45) is 0 Å². The van der Waals surface area contributed by atoms with Crippen LogP contribution in [0.4, 0.5) is 0 Å². The molecule has 122 valence electrons. The fourth-order valence-electron chi connectivity index (χ4n) is 2.93. The Kier molecular flexibility index (Phi) is 4.16. The molecule has 0 saturated carbocycles. The topological polar surface area (TPSA) is 54.6 Å². The number of allylic oxidation sites excluding steroid dienone is 1. The first kappa shape index (κ1) is 15.9. The molecule has 1 atom stereocenters.